The molecule has 7 nitrogen and oxygen atoms in total. The number of pyridine rings is 1. The van der Waals surface area contributed by atoms with Gasteiger partial charge in [0.15, 0.2) is 5.65 Å². The molecule has 0 aromatic carbocycles. The largest absolute Gasteiger partial charge is 0.415 e. The van der Waals surface area contributed by atoms with Gasteiger partial charge in [0.2, 0.25) is 11.3 Å². The molecule has 0 aliphatic heterocycles. The van der Waals surface area contributed by atoms with E-state index < -0.39 is 21.8 Å². The number of aromatic nitrogens is 3. The van der Waals surface area contributed by atoms with Crippen LogP contribution in [-0.2, 0) is 5.38 Å². The third kappa shape index (κ3) is 1.82. The van der Waals surface area contributed by atoms with E-state index in [4.69, 9.17) is 11.6 Å². The summed E-state index contributed by atoms with van der Waals surface area (Å²) in [6.07, 6.45) is 1.09. The molecule has 2 aromatic rings. The van der Waals surface area contributed by atoms with Crippen LogP contribution in [0.1, 0.15) is 5.82 Å². The first-order valence-electron chi connectivity index (χ1n) is 4.49. The maximum atomic E-state index is 13.1. The van der Waals surface area contributed by atoms with Gasteiger partial charge in [0.1, 0.15) is 7.11 Å². The van der Waals surface area contributed by atoms with Gasteiger partial charge in [-0.05, 0) is 11.6 Å². The van der Waals surface area contributed by atoms with Crippen LogP contribution < -0.4 is 4.84 Å². The molecule has 2 aromatic heterocycles. The minimum atomic E-state index is -3.83. The van der Waals surface area contributed by atoms with Crippen molar-refractivity contribution in [2.45, 2.75) is 5.38 Å². The fourth-order valence-electron chi connectivity index (χ4n) is 1.47. The summed E-state index contributed by atoms with van der Waals surface area (Å²) in [6, 6.07) is 1.05. The van der Waals surface area contributed by atoms with Gasteiger partial charge in [-0.25, -0.2) is 9.97 Å². The van der Waals surface area contributed by atoms with Crippen LogP contribution in [0.15, 0.2) is 12.3 Å². The maximum absolute atomic E-state index is 13.1. The van der Waals surface area contributed by atoms with E-state index in [1.807, 2.05) is 0 Å². The number of hydrogen-bond donors (Lipinski definition) is 0. The molecule has 0 unspecified atom stereocenters. The molecule has 0 bridgehead atoms. The Bertz CT molecular complexity index is 625. The first-order valence-corrected chi connectivity index (χ1v) is 4.87. The lowest BCUT2D eigenvalue weighted by molar-refractivity contribution is -0.383. The number of alkyl halides is 3. The van der Waals surface area contributed by atoms with Gasteiger partial charge < -0.3 is 4.84 Å². The third-order valence-corrected chi connectivity index (χ3v) is 2.29. The second-order valence-electron chi connectivity index (χ2n) is 3.17. The average Bonchev–Trinajstić information content (AvgIpc) is 2.66. The van der Waals surface area contributed by atoms with Gasteiger partial charge in [0.05, 0.1) is 4.92 Å². The number of nitro groups is 1. The van der Waals surface area contributed by atoms with Gasteiger partial charge in [-0.15, -0.1) is 0 Å². The van der Waals surface area contributed by atoms with E-state index in [1.165, 1.54) is 0 Å². The Hall–Kier alpha value is -2.03. The smallest absolute Gasteiger partial charge is 0.383 e. The molecular formula is C8H5ClF2N4O3. The van der Waals surface area contributed by atoms with Crippen LogP contribution in [-0.4, -0.2) is 26.7 Å². The standard InChI is InChI=1S/C8H5ClF2N4O3/c1-18-14-5-4(15(16)17)2-3-12-6(5)13-7(14)8(9,10)11/h2-3H,1H3. The van der Waals surface area contributed by atoms with Crippen molar-refractivity contribution in [1.29, 1.82) is 0 Å². The highest BCUT2D eigenvalue weighted by molar-refractivity contribution is 6.21. The third-order valence-electron chi connectivity index (χ3n) is 2.12. The van der Waals surface area contributed by atoms with Crippen molar-refractivity contribution in [1.82, 2.24) is 14.7 Å². The minimum absolute atomic E-state index is 0.249. The van der Waals surface area contributed by atoms with E-state index in [9.17, 15) is 18.9 Å². The van der Waals surface area contributed by atoms with Crippen molar-refractivity contribution in [2.24, 2.45) is 0 Å². The highest BCUT2D eigenvalue weighted by atomic mass is 35.5. The summed E-state index contributed by atoms with van der Waals surface area (Å²) < 4.78 is 26.6. The molecular weight excluding hydrogens is 274 g/mol. The normalized spacial score (nSPS) is 11.8. The van der Waals surface area contributed by atoms with Gasteiger partial charge in [-0.2, -0.15) is 13.5 Å². The van der Waals surface area contributed by atoms with Crippen LogP contribution in [0.3, 0.4) is 0 Å². The number of rotatable bonds is 3. The summed E-state index contributed by atoms with van der Waals surface area (Å²) >= 11 is 4.85. The predicted octanol–water partition coefficient (Wildman–Crippen LogP) is 1.69. The van der Waals surface area contributed by atoms with Crippen molar-refractivity contribution in [3.05, 3.63) is 28.2 Å². The van der Waals surface area contributed by atoms with Gasteiger partial charge >= 0.3 is 11.1 Å². The van der Waals surface area contributed by atoms with Gasteiger partial charge in [0, 0.05) is 12.3 Å². The second-order valence-corrected chi connectivity index (χ2v) is 3.64. The van der Waals surface area contributed by atoms with Crippen LogP contribution in [0.4, 0.5) is 14.5 Å². The Labute approximate surface area is 103 Å². The Balaban J connectivity index is 2.87. The Morgan fingerprint density at radius 3 is 2.78 bits per heavy atom. The molecule has 2 rings (SSSR count). The van der Waals surface area contributed by atoms with E-state index in [0.29, 0.717) is 4.73 Å². The summed E-state index contributed by atoms with van der Waals surface area (Å²) in [5.74, 6) is -0.969. The molecule has 0 spiro atoms. The topological polar surface area (TPSA) is 83.1 Å². The summed E-state index contributed by atoms with van der Waals surface area (Å²) in [5, 5.41) is 6.97. The molecule has 0 radical (unpaired) electrons. The second kappa shape index (κ2) is 4.02. The lowest BCUT2D eigenvalue weighted by Crippen LogP contribution is -2.18. The molecule has 0 aliphatic rings. The van der Waals surface area contributed by atoms with Crippen molar-refractivity contribution < 1.29 is 18.5 Å². The van der Waals surface area contributed by atoms with E-state index >= 15 is 0 Å². The van der Waals surface area contributed by atoms with Crippen LogP contribution >= 0.6 is 11.6 Å². The molecule has 0 atom stereocenters. The first-order chi connectivity index (χ1) is 8.36. The van der Waals surface area contributed by atoms with Gasteiger partial charge in [-0.3, -0.25) is 10.1 Å². The molecule has 0 N–H and O–H groups in total. The molecule has 0 saturated carbocycles. The number of fused-ring (bicyclic) bond motifs is 1. The van der Waals surface area contributed by atoms with E-state index in [-0.39, 0.29) is 11.2 Å². The highest BCUT2D eigenvalue weighted by Crippen LogP contribution is 2.34. The maximum Gasteiger partial charge on any atom is 0.383 e. The molecule has 10 heteroatoms. The zero-order chi connectivity index (χ0) is 13.5. The van der Waals surface area contributed by atoms with Crippen LogP contribution in [0.25, 0.3) is 11.2 Å². The zero-order valence-electron chi connectivity index (χ0n) is 8.80. The quantitative estimate of drug-likeness (QED) is 0.484. The van der Waals surface area contributed by atoms with E-state index in [1.54, 1.807) is 0 Å². The summed E-state index contributed by atoms with van der Waals surface area (Å²) in [5.41, 5.74) is -0.983. The van der Waals surface area contributed by atoms with Gasteiger partial charge in [-0.1, -0.05) is 0 Å². The van der Waals surface area contributed by atoms with Crippen molar-refractivity contribution in [3.63, 3.8) is 0 Å². The highest BCUT2D eigenvalue weighted by Gasteiger charge is 2.38. The summed E-state index contributed by atoms with van der Waals surface area (Å²) in [4.78, 5) is 21.8. The summed E-state index contributed by atoms with van der Waals surface area (Å²) in [7, 11) is 1.06. The van der Waals surface area contributed by atoms with Crippen LogP contribution in [0, 0.1) is 10.1 Å². The Morgan fingerprint density at radius 1 is 1.61 bits per heavy atom. The molecule has 0 aliphatic carbocycles. The fourth-order valence-corrected chi connectivity index (χ4v) is 1.58. The zero-order valence-corrected chi connectivity index (χ0v) is 9.56. The molecule has 0 saturated heterocycles. The van der Waals surface area contributed by atoms with E-state index in [0.717, 1.165) is 19.4 Å². The van der Waals surface area contributed by atoms with Gasteiger partial charge in [0.25, 0.3) is 0 Å². The Morgan fingerprint density at radius 2 is 2.28 bits per heavy atom. The monoisotopic (exact) mass is 278 g/mol. The molecule has 96 valence electrons. The van der Waals surface area contributed by atoms with Crippen molar-refractivity contribution >= 4 is 28.5 Å². The van der Waals surface area contributed by atoms with Crippen LogP contribution in [0.2, 0.25) is 0 Å². The minimum Gasteiger partial charge on any atom is -0.415 e. The lowest BCUT2D eigenvalue weighted by atomic mass is 10.4. The molecule has 0 amide bonds. The number of hydrogen-bond acceptors (Lipinski definition) is 5. The summed E-state index contributed by atoms with van der Waals surface area (Å²) in [6.45, 7) is 0. The molecule has 0 fully saturated rings. The van der Waals surface area contributed by atoms with Crippen molar-refractivity contribution in [3.8, 4) is 0 Å². The average molecular weight is 279 g/mol. The Kier molecular flexibility index (Phi) is 2.77. The number of nitrogens with zero attached hydrogens (tertiary/aromatic N) is 4. The lowest BCUT2D eigenvalue weighted by Gasteiger charge is -2.09. The number of imidazole rings is 1. The van der Waals surface area contributed by atoms with Crippen molar-refractivity contribution in [2.75, 3.05) is 7.11 Å². The number of halogens is 3. The van der Waals surface area contributed by atoms with Crippen LogP contribution in [0.5, 0.6) is 0 Å². The first kappa shape index (κ1) is 12.4. The molecule has 18 heavy (non-hydrogen) atoms. The van der Waals surface area contributed by atoms with E-state index in [2.05, 4.69) is 14.8 Å². The fraction of sp³-hybridized carbons (Fsp3) is 0.250. The predicted molar refractivity (Wildman–Crippen MR) is 56.4 cm³/mol. The molecule has 2 heterocycles. The SMILES string of the molecule is COn1c(C(F)(F)Cl)nc2nccc([N+](=O)[O-])c21.